The molecule has 116 valence electrons. The zero-order chi connectivity index (χ0) is 15.9. The fourth-order valence-electron chi connectivity index (χ4n) is 1.82. The van der Waals surface area contributed by atoms with Gasteiger partial charge in [-0.3, -0.25) is 9.59 Å². The van der Waals surface area contributed by atoms with Gasteiger partial charge in [-0.2, -0.15) is 0 Å². The summed E-state index contributed by atoms with van der Waals surface area (Å²) in [5, 5.41) is 11.6. The van der Waals surface area contributed by atoms with Crippen molar-refractivity contribution < 1.29 is 19.4 Å². The highest BCUT2D eigenvalue weighted by atomic mass is 16.5. The van der Waals surface area contributed by atoms with Gasteiger partial charge in [-0.15, -0.1) is 0 Å². The molecule has 0 aliphatic heterocycles. The first-order valence-electron chi connectivity index (χ1n) is 6.92. The van der Waals surface area contributed by atoms with Crippen molar-refractivity contribution in [1.29, 1.82) is 0 Å². The highest BCUT2D eigenvalue weighted by Gasteiger charge is 2.28. The standard InChI is InChI=1S/C16H23NO4/c1-16(2,3)13(9-15(19)20)17-14(18)11-21-10-12-7-5-4-6-8-12/h4-8,13H,9-11H2,1-3H3,(H,17,18)(H,19,20). The Balaban J connectivity index is 2.42. The van der Waals surface area contributed by atoms with Crippen LogP contribution >= 0.6 is 0 Å². The van der Waals surface area contributed by atoms with Gasteiger partial charge >= 0.3 is 5.97 Å². The quantitative estimate of drug-likeness (QED) is 0.808. The number of carbonyl (C=O) groups is 2. The van der Waals surface area contributed by atoms with Crippen molar-refractivity contribution in [2.75, 3.05) is 6.61 Å². The highest BCUT2D eigenvalue weighted by Crippen LogP contribution is 2.21. The van der Waals surface area contributed by atoms with Gasteiger partial charge in [0.2, 0.25) is 5.91 Å². The van der Waals surface area contributed by atoms with Crippen molar-refractivity contribution in [1.82, 2.24) is 5.32 Å². The summed E-state index contributed by atoms with van der Waals surface area (Å²) in [5.74, 6) is -1.23. The van der Waals surface area contributed by atoms with Crippen molar-refractivity contribution >= 4 is 11.9 Å². The lowest BCUT2D eigenvalue weighted by Gasteiger charge is -2.30. The number of rotatable bonds is 7. The van der Waals surface area contributed by atoms with E-state index in [4.69, 9.17) is 9.84 Å². The lowest BCUT2D eigenvalue weighted by atomic mass is 9.85. The second kappa shape index (κ2) is 7.78. The molecule has 5 nitrogen and oxygen atoms in total. The van der Waals surface area contributed by atoms with Gasteiger partial charge in [0.25, 0.3) is 0 Å². The number of amides is 1. The minimum absolute atomic E-state index is 0.0822. The number of hydrogen-bond donors (Lipinski definition) is 2. The molecule has 1 aromatic carbocycles. The molecule has 1 unspecified atom stereocenters. The van der Waals surface area contributed by atoms with Gasteiger partial charge in [0.05, 0.1) is 13.0 Å². The van der Waals surface area contributed by atoms with Crippen LogP contribution < -0.4 is 5.32 Å². The maximum atomic E-state index is 11.8. The van der Waals surface area contributed by atoms with E-state index in [9.17, 15) is 9.59 Å². The summed E-state index contributed by atoms with van der Waals surface area (Å²) in [6, 6.07) is 9.13. The summed E-state index contributed by atoms with van der Waals surface area (Å²) in [6.45, 7) is 5.96. The Morgan fingerprint density at radius 2 is 1.86 bits per heavy atom. The van der Waals surface area contributed by atoms with Crippen LogP contribution in [-0.2, 0) is 20.9 Å². The highest BCUT2D eigenvalue weighted by molar-refractivity contribution is 5.78. The van der Waals surface area contributed by atoms with E-state index in [0.29, 0.717) is 6.61 Å². The molecule has 2 N–H and O–H groups in total. The van der Waals surface area contributed by atoms with Crippen molar-refractivity contribution in [2.24, 2.45) is 5.41 Å². The molecule has 1 rings (SSSR count). The summed E-state index contributed by atoms with van der Waals surface area (Å²) >= 11 is 0. The van der Waals surface area contributed by atoms with Crippen LogP contribution in [0.3, 0.4) is 0 Å². The van der Waals surface area contributed by atoms with E-state index in [0.717, 1.165) is 5.56 Å². The van der Waals surface area contributed by atoms with Crippen LogP contribution in [0.25, 0.3) is 0 Å². The van der Waals surface area contributed by atoms with Crippen LogP contribution in [0.2, 0.25) is 0 Å². The van der Waals surface area contributed by atoms with E-state index in [-0.39, 0.29) is 24.3 Å². The molecular weight excluding hydrogens is 270 g/mol. The van der Waals surface area contributed by atoms with Crippen LogP contribution in [0, 0.1) is 5.41 Å². The molecule has 21 heavy (non-hydrogen) atoms. The van der Waals surface area contributed by atoms with E-state index in [1.165, 1.54) is 0 Å². The summed E-state index contributed by atoms with van der Waals surface area (Å²) in [6.07, 6.45) is -0.103. The molecule has 0 aliphatic carbocycles. The molecule has 0 saturated carbocycles. The maximum Gasteiger partial charge on any atom is 0.305 e. The first-order chi connectivity index (χ1) is 9.79. The van der Waals surface area contributed by atoms with Gasteiger partial charge in [0, 0.05) is 6.04 Å². The Bertz CT molecular complexity index is 465. The monoisotopic (exact) mass is 293 g/mol. The first-order valence-corrected chi connectivity index (χ1v) is 6.92. The number of ether oxygens (including phenoxy) is 1. The molecule has 1 atom stereocenters. The lowest BCUT2D eigenvalue weighted by Crippen LogP contribution is -2.46. The molecule has 0 aromatic heterocycles. The molecule has 0 radical (unpaired) electrons. The number of carboxylic acid groups (broad SMARTS) is 1. The van der Waals surface area contributed by atoms with Gasteiger partial charge in [-0.1, -0.05) is 51.1 Å². The van der Waals surface area contributed by atoms with Crippen LogP contribution in [0.1, 0.15) is 32.8 Å². The molecule has 0 heterocycles. The Kier molecular flexibility index (Phi) is 6.37. The van der Waals surface area contributed by atoms with E-state index in [1.54, 1.807) is 0 Å². The average molecular weight is 293 g/mol. The van der Waals surface area contributed by atoms with E-state index in [1.807, 2.05) is 51.1 Å². The van der Waals surface area contributed by atoms with E-state index < -0.39 is 12.0 Å². The molecule has 0 aliphatic rings. The molecule has 0 bridgehead atoms. The molecule has 0 spiro atoms. The SMILES string of the molecule is CC(C)(C)C(CC(=O)O)NC(=O)COCc1ccccc1. The zero-order valence-corrected chi connectivity index (χ0v) is 12.8. The molecule has 0 saturated heterocycles. The molecule has 1 amide bonds. The number of nitrogens with one attached hydrogen (secondary N) is 1. The van der Waals surface area contributed by atoms with Crippen LogP contribution in [0.5, 0.6) is 0 Å². The van der Waals surface area contributed by atoms with E-state index in [2.05, 4.69) is 5.32 Å². The number of aliphatic carboxylic acids is 1. The number of carbonyl (C=O) groups excluding carboxylic acids is 1. The predicted octanol–water partition coefficient (Wildman–Crippen LogP) is 2.21. The van der Waals surface area contributed by atoms with Crippen LogP contribution in [0.4, 0.5) is 0 Å². The van der Waals surface area contributed by atoms with Crippen molar-refractivity contribution in [3.8, 4) is 0 Å². The summed E-state index contributed by atoms with van der Waals surface area (Å²) in [4.78, 5) is 22.7. The van der Waals surface area contributed by atoms with Crippen molar-refractivity contribution in [2.45, 2.75) is 39.8 Å². The van der Waals surface area contributed by atoms with Crippen LogP contribution in [-0.4, -0.2) is 29.6 Å². The summed E-state index contributed by atoms with van der Waals surface area (Å²) in [7, 11) is 0. The average Bonchev–Trinajstić information content (AvgIpc) is 2.37. The minimum Gasteiger partial charge on any atom is -0.481 e. The third kappa shape index (κ3) is 6.90. The molecule has 5 heteroatoms. The predicted molar refractivity (Wildman–Crippen MR) is 79.7 cm³/mol. The number of benzene rings is 1. The largest absolute Gasteiger partial charge is 0.481 e. The number of hydrogen-bond acceptors (Lipinski definition) is 3. The zero-order valence-electron chi connectivity index (χ0n) is 12.8. The van der Waals surface area contributed by atoms with Gasteiger partial charge < -0.3 is 15.2 Å². The van der Waals surface area contributed by atoms with Crippen molar-refractivity contribution in [3.63, 3.8) is 0 Å². The lowest BCUT2D eigenvalue weighted by molar-refractivity contribution is -0.138. The van der Waals surface area contributed by atoms with E-state index >= 15 is 0 Å². The minimum atomic E-state index is -0.930. The molecule has 1 aromatic rings. The normalized spacial score (nSPS) is 12.7. The third-order valence-corrected chi connectivity index (χ3v) is 3.10. The Hall–Kier alpha value is -1.88. The Morgan fingerprint density at radius 1 is 1.24 bits per heavy atom. The topological polar surface area (TPSA) is 75.6 Å². The van der Waals surface area contributed by atoms with Gasteiger partial charge in [0.1, 0.15) is 6.61 Å². The van der Waals surface area contributed by atoms with Gasteiger partial charge in [0.15, 0.2) is 0 Å². The smallest absolute Gasteiger partial charge is 0.305 e. The summed E-state index contributed by atoms with van der Waals surface area (Å²) in [5.41, 5.74) is 0.663. The second-order valence-electron chi connectivity index (χ2n) is 6.06. The van der Waals surface area contributed by atoms with Gasteiger partial charge in [-0.25, -0.2) is 0 Å². The molecular formula is C16H23NO4. The fourth-order valence-corrected chi connectivity index (χ4v) is 1.82. The van der Waals surface area contributed by atoms with Crippen molar-refractivity contribution in [3.05, 3.63) is 35.9 Å². The maximum absolute atomic E-state index is 11.8. The van der Waals surface area contributed by atoms with Crippen LogP contribution in [0.15, 0.2) is 30.3 Å². The number of carboxylic acids is 1. The Morgan fingerprint density at radius 3 is 2.38 bits per heavy atom. The summed E-state index contributed by atoms with van der Waals surface area (Å²) < 4.78 is 5.34. The Labute approximate surface area is 125 Å². The van der Waals surface area contributed by atoms with Gasteiger partial charge in [-0.05, 0) is 11.0 Å². The first kappa shape index (κ1) is 17.2. The fraction of sp³-hybridized carbons (Fsp3) is 0.500. The molecule has 0 fully saturated rings. The second-order valence-corrected chi connectivity index (χ2v) is 6.06. The third-order valence-electron chi connectivity index (χ3n) is 3.10.